The number of nitrogens with two attached hydrogens (primary N) is 1. The van der Waals surface area contributed by atoms with Crippen molar-refractivity contribution in [2.45, 2.75) is 13.8 Å². The second kappa shape index (κ2) is 11.2. The summed E-state index contributed by atoms with van der Waals surface area (Å²) in [5.41, 5.74) is 7.08. The van der Waals surface area contributed by atoms with E-state index < -0.39 is 0 Å². The van der Waals surface area contributed by atoms with Gasteiger partial charge in [-0.15, -0.1) is 0 Å². The molecule has 0 fully saturated rings. The van der Waals surface area contributed by atoms with Crippen molar-refractivity contribution >= 4 is 17.2 Å². The van der Waals surface area contributed by atoms with Gasteiger partial charge in [-0.3, -0.25) is 0 Å². The van der Waals surface area contributed by atoms with E-state index in [1.165, 1.54) is 0 Å². The van der Waals surface area contributed by atoms with Gasteiger partial charge in [0.05, 0.1) is 5.69 Å². The van der Waals surface area contributed by atoms with Gasteiger partial charge in [0.15, 0.2) is 0 Å². The minimum absolute atomic E-state index is 0.822. The Morgan fingerprint density at radius 2 is 1.33 bits per heavy atom. The maximum Gasteiger partial charge on any atom is 0.0729 e. The predicted octanol–water partition coefficient (Wildman–Crippen LogP) is 4.47. The van der Waals surface area contributed by atoms with Gasteiger partial charge in [-0.25, -0.2) is 4.99 Å². The Morgan fingerprint density at radius 3 is 1.67 bits per heavy atom. The smallest absolute Gasteiger partial charge is 0.0729 e. The lowest BCUT2D eigenvalue weighted by Crippen LogP contribution is -1.79. The van der Waals surface area contributed by atoms with E-state index in [1.54, 1.807) is 0 Å². The second-order valence-corrected chi connectivity index (χ2v) is 3.02. The summed E-state index contributed by atoms with van der Waals surface area (Å²) in [6, 6.07) is 19.1. The molecule has 2 rings (SSSR count). The number of hydrogen-bond acceptors (Lipinski definition) is 2. The second-order valence-electron chi connectivity index (χ2n) is 3.02. The molecule has 0 aliphatic carbocycles. The van der Waals surface area contributed by atoms with E-state index in [9.17, 15) is 0 Å². The predicted molar refractivity (Wildman–Crippen MR) is 81.4 cm³/mol. The highest BCUT2D eigenvalue weighted by molar-refractivity contribution is 5.55. The minimum Gasteiger partial charge on any atom is -0.399 e. The van der Waals surface area contributed by atoms with Gasteiger partial charge in [0.1, 0.15) is 0 Å². The normalized spacial score (nSPS) is 7.67. The van der Waals surface area contributed by atoms with Crippen LogP contribution in [0.25, 0.3) is 0 Å². The number of nitrogen functional groups attached to an aromatic ring is 1. The third-order valence-corrected chi connectivity index (χ3v) is 1.76. The Balaban J connectivity index is 0.000000289. The van der Waals surface area contributed by atoms with E-state index in [-0.39, 0.29) is 0 Å². The SMILES string of the molecule is C=C=Nc1ccccc1.CC.Nc1ccccc1. The van der Waals surface area contributed by atoms with Gasteiger partial charge in [-0.05, 0) is 36.7 Å². The number of aliphatic imine (C=N–C) groups is 1. The summed E-state index contributed by atoms with van der Waals surface area (Å²) in [6.45, 7) is 7.36. The van der Waals surface area contributed by atoms with Gasteiger partial charge in [0.25, 0.3) is 0 Å². The van der Waals surface area contributed by atoms with E-state index >= 15 is 0 Å². The lowest BCUT2D eigenvalue weighted by Gasteiger charge is -1.84. The van der Waals surface area contributed by atoms with E-state index in [0.717, 1.165) is 11.4 Å². The molecule has 18 heavy (non-hydrogen) atoms. The number of para-hydroxylation sites is 2. The molecule has 0 saturated carbocycles. The highest BCUT2D eigenvalue weighted by Gasteiger charge is 1.78. The van der Waals surface area contributed by atoms with Crippen LogP contribution in [0.4, 0.5) is 11.4 Å². The molecule has 0 unspecified atom stereocenters. The third-order valence-electron chi connectivity index (χ3n) is 1.76. The maximum absolute atomic E-state index is 5.36. The zero-order valence-electron chi connectivity index (χ0n) is 11.0. The molecular weight excluding hydrogens is 220 g/mol. The molecule has 2 heteroatoms. The fourth-order valence-corrected chi connectivity index (χ4v) is 1.05. The van der Waals surface area contributed by atoms with Crippen LogP contribution in [-0.4, -0.2) is 5.87 Å². The average Bonchev–Trinajstić information content (AvgIpc) is 2.44. The van der Waals surface area contributed by atoms with Crippen LogP contribution >= 0.6 is 0 Å². The van der Waals surface area contributed by atoms with Crippen molar-refractivity contribution in [3.8, 4) is 0 Å². The van der Waals surface area contributed by atoms with Gasteiger partial charge < -0.3 is 5.73 Å². The molecule has 0 spiro atoms. The van der Waals surface area contributed by atoms with E-state index in [0.29, 0.717) is 0 Å². The zero-order valence-corrected chi connectivity index (χ0v) is 11.0. The van der Waals surface area contributed by atoms with Crippen LogP contribution in [0, 0.1) is 0 Å². The Hall–Kier alpha value is -2.31. The first-order valence-electron chi connectivity index (χ1n) is 5.91. The molecule has 2 N–H and O–H groups in total. The Morgan fingerprint density at radius 1 is 0.889 bits per heavy atom. The van der Waals surface area contributed by atoms with Crippen molar-refractivity contribution in [3.05, 3.63) is 67.2 Å². The Bertz CT molecular complexity index is 443. The average molecular weight is 240 g/mol. The molecular formula is C16H20N2. The Labute approximate surface area is 110 Å². The zero-order chi connectivity index (χ0) is 13.6. The molecule has 0 bridgehead atoms. The van der Waals surface area contributed by atoms with Crippen molar-refractivity contribution in [1.29, 1.82) is 0 Å². The van der Waals surface area contributed by atoms with Crippen LogP contribution in [0.2, 0.25) is 0 Å². The minimum atomic E-state index is 0.822. The van der Waals surface area contributed by atoms with Crippen LogP contribution < -0.4 is 5.73 Å². The first-order chi connectivity index (χ1) is 8.83. The molecule has 0 atom stereocenters. The largest absolute Gasteiger partial charge is 0.399 e. The number of nitrogens with zero attached hydrogens (tertiary/aromatic N) is 1. The molecule has 2 aromatic carbocycles. The number of rotatable bonds is 1. The highest BCUT2D eigenvalue weighted by atomic mass is 14.7. The Kier molecular flexibility index (Phi) is 9.75. The van der Waals surface area contributed by atoms with Crippen molar-refractivity contribution in [2.24, 2.45) is 4.99 Å². The van der Waals surface area contributed by atoms with Crippen molar-refractivity contribution in [3.63, 3.8) is 0 Å². The van der Waals surface area contributed by atoms with Crippen molar-refractivity contribution < 1.29 is 0 Å². The molecule has 0 aliphatic heterocycles. The topological polar surface area (TPSA) is 38.4 Å². The van der Waals surface area contributed by atoms with Crippen LogP contribution in [0.1, 0.15) is 13.8 Å². The van der Waals surface area contributed by atoms with Gasteiger partial charge in [-0.2, -0.15) is 0 Å². The van der Waals surface area contributed by atoms with Crippen molar-refractivity contribution in [2.75, 3.05) is 5.73 Å². The summed E-state index contributed by atoms with van der Waals surface area (Å²) in [5.74, 6) is 2.46. The molecule has 2 aromatic rings. The summed E-state index contributed by atoms with van der Waals surface area (Å²) in [5, 5.41) is 0. The maximum atomic E-state index is 5.36. The summed E-state index contributed by atoms with van der Waals surface area (Å²) >= 11 is 0. The number of anilines is 1. The number of benzene rings is 2. The van der Waals surface area contributed by atoms with Crippen molar-refractivity contribution in [1.82, 2.24) is 0 Å². The molecule has 0 amide bonds. The first kappa shape index (κ1) is 15.7. The van der Waals surface area contributed by atoms with E-state index in [4.69, 9.17) is 5.73 Å². The number of hydrogen-bond donors (Lipinski definition) is 1. The third kappa shape index (κ3) is 7.91. The lowest BCUT2D eigenvalue weighted by molar-refractivity contribution is 1.50. The molecule has 0 heterocycles. The fraction of sp³-hybridized carbons (Fsp3) is 0.125. The molecule has 0 aromatic heterocycles. The van der Waals surface area contributed by atoms with Gasteiger partial charge in [0.2, 0.25) is 0 Å². The van der Waals surface area contributed by atoms with Gasteiger partial charge in [0, 0.05) is 5.69 Å². The van der Waals surface area contributed by atoms with Gasteiger partial charge in [-0.1, -0.05) is 50.2 Å². The molecule has 0 saturated heterocycles. The standard InChI is InChI=1S/C8H7N.C6H7N.C2H6/c1-2-9-8-6-4-3-5-7-8;7-6-4-2-1-3-5-6;1-2/h3-7H,1H2;1-5H,7H2;1-2H3. The monoisotopic (exact) mass is 240 g/mol. The van der Waals surface area contributed by atoms with Crippen LogP contribution in [0.3, 0.4) is 0 Å². The molecule has 94 valence electrons. The summed E-state index contributed by atoms with van der Waals surface area (Å²) in [4.78, 5) is 3.85. The molecule has 2 nitrogen and oxygen atoms in total. The van der Waals surface area contributed by atoms with E-state index in [1.807, 2.05) is 74.5 Å². The summed E-state index contributed by atoms with van der Waals surface area (Å²) < 4.78 is 0. The van der Waals surface area contributed by atoms with Crippen LogP contribution in [0.5, 0.6) is 0 Å². The molecule has 0 aliphatic rings. The van der Waals surface area contributed by atoms with Crippen LogP contribution in [0.15, 0.2) is 72.2 Å². The summed E-state index contributed by atoms with van der Waals surface area (Å²) in [6.07, 6.45) is 0. The summed E-state index contributed by atoms with van der Waals surface area (Å²) in [7, 11) is 0. The quantitative estimate of drug-likeness (QED) is 0.579. The molecule has 0 radical (unpaired) electrons. The van der Waals surface area contributed by atoms with Gasteiger partial charge >= 0.3 is 0 Å². The highest BCUT2D eigenvalue weighted by Crippen LogP contribution is 2.07. The fourth-order valence-electron chi connectivity index (χ4n) is 1.05. The van der Waals surface area contributed by atoms with Crippen LogP contribution in [-0.2, 0) is 0 Å². The lowest BCUT2D eigenvalue weighted by atomic mass is 10.3. The first-order valence-corrected chi connectivity index (χ1v) is 5.91. The van der Waals surface area contributed by atoms with E-state index in [2.05, 4.69) is 17.4 Å².